The lowest BCUT2D eigenvalue weighted by Gasteiger charge is -2.24. The molecule has 1 amide bonds. The first-order valence-electron chi connectivity index (χ1n) is 6.75. The highest BCUT2D eigenvalue weighted by atomic mass is 16.2. The number of benzene rings is 1. The molecular weight excluding hydrogens is 238 g/mol. The number of rotatable bonds is 4. The van der Waals surface area contributed by atoms with Crippen molar-refractivity contribution in [1.29, 1.82) is 0 Å². The lowest BCUT2D eigenvalue weighted by atomic mass is 9.95. The van der Waals surface area contributed by atoms with Crippen molar-refractivity contribution < 1.29 is 4.79 Å². The fourth-order valence-electron chi connectivity index (χ4n) is 1.80. The number of amides is 1. The van der Waals surface area contributed by atoms with E-state index in [-0.39, 0.29) is 5.91 Å². The first-order chi connectivity index (χ1) is 8.79. The number of nitrogens with two attached hydrogens (primary N) is 1. The van der Waals surface area contributed by atoms with Gasteiger partial charge in [0.1, 0.15) is 0 Å². The quantitative estimate of drug-likeness (QED) is 0.821. The van der Waals surface area contributed by atoms with Crippen LogP contribution in [0.1, 0.15) is 34.6 Å². The Hall–Kier alpha value is -1.71. The van der Waals surface area contributed by atoms with Crippen LogP contribution in [0.3, 0.4) is 0 Å². The van der Waals surface area contributed by atoms with Crippen molar-refractivity contribution in [2.24, 2.45) is 5.41 Å². The number of carbonyl (C=O) groups is 1. The first kappa shape index (κ1) is 15.3. The number of carbonyl (C=O) groups excluding carboxylic acids is 1. The summed E-state index contributed by atoms with van der Waals surface area (Å²) in [5, 5.41) is 2.89. The molecule has 4 heteroatoms. The Morgan fingerprint density at radius 3 is 2.26 bits per heavy atom. The summed E-state index contributed by atoms with van der Waals surface area (Å²) in [6, 6.07) is 5.67. The third kappa shape index (κ3) is 3.88. The summed E-state index contributed by atoms with van der Waals surface area (Å²) in [5.74, 6) is -0.0116. The molecule has 3 N–H and O–H groups in total. The zero-order valence-corrected chi connectivity index (χ0v) is 12.6. The van der Waals surface area contributed by atoms with E-state index in [0.717, 1.165) is 24.5 Å². The predicted molar refractivity (Wildman–Crippen MR) is 82.5 cm³/mol. The van der Waals surface area contributed by atoms with E-state index in [1.807, 2.05) is 39.0 Å². The summed E-state index contributed by atoms with van der Waals surface area (Å²) in [7, 11) is 0. The normalized spacial score (nSPS) is 11.2. The minimum Gasteiger partial charge on any atom is -0.397 e. The zero-order valence-electron chi connectivity index (χ0n) is 12.6. The largest absolute Gasteiger partial charge is 0.397 e. The summed E-state index contributed by atoms with van der Waals surface area (Å²) in [6.45, 7) is 11.7. The van der Waals surface area contributed by atoms with Gasteiger partial charge < -0.3 is 16.0 Å². The number of nitrogens with one attached hydrogen (secondary N) is 1. The SMILES string of the molecule is CCN(CC)c1ccc(NC(=O)C(C)(C)C)cc1N. The van der Waals surface area contributed by atoms with E-state index in [1.165, 1.54) is 0 Å². The van der Waals surface area contributed by atoms with Gasteiger partial charge in [0.15, 0.2) is 0 Å². The lowest BCUT2D eigenvalue weighted by Crippen LogP contribution is -2.28. The minimum atomic E-state index is -0.410. The van der Waals surface area contributed by atoms with Gasteiger partial charge in [0.2, 0.25) is 5.91 Å². The van der Waals surface area contributed by atoms with Crippen LogP contribution >= 0.6 is 0 Å². The maximum atomic E-state index is 11.9. The smallest absolute Gasteiger partial charge is 0.229 e. The van der Waals surface area contributed by atoms with E-state index in [0.29, 0.717) is 5.69 Å². The second kappa shape index (κ2) is 5.95. The molecule has 0 aliphatic heterocycles. The van der Waals surface area contributed by atoms with Crippen LogP contribution < -0.4 is 16.0 Å². The Bertz CT molecular complexity index is 445. The van der Waals surface area contributed by atoms with Crippen LogP contribution in [-0.4, -0.2) is 19.0 Å². The number of nitrogen functional groups attached to an aromatic ring is 1. The molecule has 0 aliphatic carbocycles. The number of nitrogens with zero attached hydrogens (tertiary/aromatic N) is 1. The highest BCUT2D eigenvalue weighted by Crippen LogP contribution is 2.27. The van der Waals surface area contributed by atoms with Gasteiger partial charge in [0.05, 0.1) is 11.4 Å². The molecule has 0 saturated carbocycles. The van der Waals surface area contributed by atoms with E-state index in [1.54, 1.807) is 0 Å². The van der Waals surface area contributed by atoms with Crippen molar-refractivity contribution in [3.8, 4) is 0 Å². The van der Waals surface area contributed by atoms with Gasteiger partial charge in [0.25, 0.3) is 0 Å². The molecule has 0 heterocycles. The van der Waals surface area contributed by atoms with E-state index in [4.69, 9.17) is 5.73 Å². The van der Waals surface area contributed by atoms with Crippen LogP contribution in [-0.2, 0) is 4.79 Å². The Labute approximate surface area is 116 Å². The highest BCUT2D eigenvalue weighted by molar-refractivity contribution is 5.95. The fraction of sp³-hybridized carbons (Fsp3) is 0.533. The molecule has 0 spiro atoms. The lowest BCUT2D eigenvalue weighted by molar-refractivity contribution is -0.123. The number of hydrogen-bond acceptors (Lipinski definition) is 3. The number of anilines is 3. The van der Waals surface area contributed by atoms with Crippen molar-refractivity contribution in [1.82, 2.24) is 0 Å². The third-order valence-electron chi connectivity index (χ3n) is 3.07. The van der Waals surface area contributed by atoms with Crippen molar-refractivity contribution in [3.63, 3.8) is 0 Å². The standard InChI is InChI=1S/C15H25N3O/c1-6-18(7-2)13-9-8-11(10-12(13)16)17-14(19)15(3,4)5/h8-10H,6-7,16H2,1-5H3,(H,17,19). The molecule has 4 nitrogen and oxygen atoms in total. The third-order valence-corrected chi connectivity index (χ3v) is 3.07. The maximum Gasteiger partial charge on any atom is 0.229 e. The fourth-order valence-corrected chi connectivity index (χ4v) is 1.80. The average Bonchev–Trinajstić information content (AvgIpc) is 2.32. The van der Waals surface area contributed by atoms with Crippen molar-refractivity contribution >= 4 is 23.0 Å². The molecule has 0 unspecified atom stereocenters. The van der Waals surface area contributed by atoms with Gasteiger partial charge in [-0.15, -0.1) is 0 Å². The summed E-state index contributed by atoms with van der Waals surface area (Å²) in [6.07, 6.45) is 0. The highest BCUT2D eigenvalue weighted by Gasteiger charge is 2.21. The molecule has 0 saturated heterocycles. The molecule has 0 radical (unpaired) electrons. The van der Waals surface area contributed by atoms with Crippen LogP contribution in [0.2, 0.25) is 0 Å². The van der Waals surface area contributed by atoms with Gasteiger partial charge in [-0.1, -0.05) is 20.8 Å². The second-order valence-corrected chi connectivity index (χ2v) is 5.65. The van der Waals surface area contributed by atoms with E-state index in [9.17, 15) is 4.79 Å². The van der Waals surface area contributed by atoms with Crippen LogP contribution in [0.5, 0.6) is 0 Å². The van der Waals surface area contributed by atoms with Gasteiger partial charge in [-0.05, 0) is 32.0 Å². The molecule has 19 heavy (non-hydrogen) atoms. The minimum absolute atomic E-state index is 0.0116. The van der Waals surface area contributed by atoms with Gasteiger partial charge >= 0.3 is 0 Å². The van der Waals surface area contributed by atoms with Crippen molar-refractivity contribution in [2.45, 2.75) is 34.6 Å². The second-order valence-electron chi connectivity index (χ2n) is 5.65. The van der Waals surface area contributed by atoms with Crippen LogP contribution in [0, 0.1) is 5.41 Å². The molecule has 1 aromatic rings. The van der Waals surface area contributed by atoms with Crippen LogP contribution in [0.25, 0.3) is 0 Å². The van der Waals surface area contributed by atoms with E-state index >= 15 is 0 Å². The zero-order chi connectivity index (χ0) is 14.6. The van der Waals surface area contributed by atoms with Crippen LogP contribution in [0.4, 0.5) is 17.1 Å². The Kier molecular flexibility index (Phi) is 4.81. The van der Waals surface area contributed by atoms with Gasteiger partial charge in [-0.2, -0.15) is 0 Å². The van der Waals surface area contributed by atoms with Gasteiger partial charge in [0, 0.05) is 24.2 Å². The Balaban J connectivity index is 2.91. The van der Waals surface area contributed by atoms with E-state index in [2.05, 4.69) is 24.1 Å². The molecule has 1 aromatic carbocycles. The molecule has 106 valence electrons. The molecule has 0 aromatic heterocycles. The summed E-state index contributed by atoms with van der Waals surface area (Å²) in [4.78, 5) is 14.1. The number of hydrogen-bond donors (Lipinski definition) is 2. The molecule has 0 atom stereocenters. The van der Waals surface area contributed by atoms with Crippen LogP contribution in [0.15, 0.2) is 18.2 Å². The molecule has 1 rings (SSSR count). The average molecular weight is 263 g/mol. The molecular formula is C15H25N3O. The summed E-state index contributed by atoms with van der Waals surface area (Å²) in [5.41, 5.74) is 8.10. The Morgan fingerprint density at radius 1 is 1.26 bits per heavy atom. The van der Waals surface area contributed by atoms with Crippen molar-refractivity contribution in [3.05, 3.63) is 18.2 Å². The Morgan fingerprint density at radius 2 is 1.84 bits per heavy atom. The molecule has 0 bridgehead atoms. The molecule has 0 fully saturated rings. The molecule has 0 aliphatic rings. The summed E-state index contributed by atoms with van der Waals surface area (Å²) < 4.78 is 0. The summed E-state index contributed by atoms with van der Waals surface area (Å²) >= 11 is 0. The maximum absolute atomic E-state index is 11.9. The van der Waals surface area contributed by atoms with Crippen molar-refractivity contribution in [2.75, 3.05) is 29.0 Å². The van der Waals surface area contributed by atoms with Gasteiger partial charge in [-0.25, -0.2) is 0 Å². The monoisotopic (exact) mass is 263 g/mol. The first-order valence-corrected chi connectivity index (χ1v) is 6.75. The predicted octanol–water partition coefficient (Wildman–Crippen LogP) is 3.10. The van der Waals surface area contributed by atoms with Gasteiger partial charge in [-0.3, -0.25) is 4.79 Å². The van der Waals surface area contributed by atoms with E-state index < -0.39 is 5.41 Å². The topological polar surface area (TPSA) is 58.4 Å².